The highest BCUT2D eigenvalue weighted by atomic mass is 15.2. The van der Waals surface area contributed by atoms with E-state index in [1.165, 1.54) is 78.5 Å². The second-order valence-electron chi connectivity index (χ2n) is 18.5. The number of fused-ring (bicyclic) bond motifs is 11. The summed E-state index contributed by atoms with van der Waals surface area (Å²) in [6, 6.07) is 18.3. The van der Waals surface area contributed by atoms with Crippen LogP contribution in [0, 0.1) is 22.7 Å². The monoisotopic (exact) mass is 686 g/mol. The van der Waals surface area contributed by atoms with Crippen molar-refractivity contribution in [3.63, 3.8) is 0 Å². The number of aromatic nitrogens is 1. The van der Waals surface area contributed by atoms with Gasteiger partial charge in [-0.3, -0.25) is 0 Å². The fourth-order valence-corrected chi connectivity index (χ4v) is 12.4. The summed E-state index contributed by atoms with van der Waals surface area (Å²) in [5.74, 6) is 7.80. The Kier molecular flexibility index (Phi) is 6.06. The average Bonchev–Trinajstić information content (AvgIpc) is 3.48. The number of rotatable bonds is 1. The second-order valence-corrected chi connectivity index (χ2v) is 18.5. The maximum Gasteiger partial charge on any atom is 0.171 e. The van der Waals surface area contributed by atoms with Crippen LogP contribution in [0.2, 0.25) is 5.82 Å². The van der Waals surface area contributed by atoms with Gasteiger partial charge in [-0.25, -0.2) is 0 Å². The predicted octanol–water partition coefficient (Wildman–Crippen LogP) is 11.5. The maximum absolute atomic E-state index is 4.19. The van der Waals surface area contributed by atoms with Gasteiger partial charge in [-0.1, -0.05) is 150 Å². The first-order valence-corrected chi connectivity index (χ1v) is 19.9. The van der Waals surface area contributed by atoms with Crippen molar-refractivity contribution in [3.05, 3.63) is 164 Å². The van der Waals surface area contributed by atoms with E-state index in [-0.39, 0.29) is 33.4 Å². The molecule has 0 radical (unpaired) electrons. The first-order chi connectivity index (χ1) is 25.4. The van der Waals surface area contributed by atoms with Crippen molar-refractivity contribution < 1.29 is 0 Å². The molecule has 6 aliphatic carbocycles. The summed E-state index contributed by atoms with van der Waals surface area (Å²) in [7, 11) is 0.997. The van der Waals surface area contributed by atoms with E-state index in [4.69, 9.17) is 0 Å². The van der Waals surface area contributed by atoms with E-state index < -0.39 is 0 Å². The molecule has 260 valence electrons. The van der Waals surface area contributed by atoms with Gasteiger partial charge in [0.05, 0.1) is 5.92 Å². The molecule has 2 bridgehead atoms. The van der Waals surface area contributed by atoms with Crippen LogP contribution in [-0.4, -0.2) is 12.3 Å². The van der Waals surface area contributed by atoms with Crippen molar-refractivity contribution in [1.29, 1.82) is 0 Å². The first kappa shape index (κ1) is 31.6. The topological polar surface area (TPSA) is 19.0 Å². The zero-order chi connectivity index (χ0) is 36.2. The Bertz CT molecular complexity index is 2570. The highest BCUT2D eigenvalue weighted by molar-refractivity contribution is 6.51. The second kappa shape index (κ2) is 10.2. The fraction of sp³-hybridized carbons (Fsp3) is 0.320. The minimum Gasteiger partial charge on any atom is -0.359 e. The van der Waals surface area contributed by atoms with Crippen molar-refractivity contribution in [2.24, 2.45) is 10.8 Å². The predicted molar refractivity (Wildman–Crippen MR) is 222 cm³/mol. The lowest BCUT2D eigenvalue weighted by Gasteiger charge is -2.54. The summed E-state index contributed by atoms with van der Waals surface area (Å²) in [5, 5.41) is 0. The third kappa shape index (κ3) is 3.78. The molecule has 0 spiro atoms. The van der Waals surface area contributed by atoms with Gasteiger partial charge in [-0.05, 0) is 76.4 Å². The molecule has 0 amide bonds. The molecule has 3 atom stereocenters. The van der Waals surface area contributed by atoms with E-state index in [0.717, 1.165) is 26.5 Å². The first-order valence-electron chi connectivity index (χ1n) is 19.9. The number of allylic oxidation sites excluding steroid dienone is 14. The molecule has 1 N–H and O–H groups in total. The molecule has 3 aromatic rings. The molecule has 2 aromatic carbocycles. The Morgan fingerprint density at radius 1 is 0.849 bits per heavy atom. The van der Waals surface area contributed by atoms with Crippen LogP contribution in [0.3, 0.4) is 0 Å². The molecular formula is C50H47BN2. The van der Waals surface area contributed by atoms with Crippen LogP contribution in [0.1, 0.15) is 102 Å². The minimum absolute atomic E-state index is 0.0337. The highest BCUT2D eigenvalue weighted by Crippen LogP contribution is 2.70. The molecule has 1 aromatic heterocycles. The Morgan fingerprint density at radius 2 is 1.64 bits per heavy atom. The van der Waals surface area contributed by atoms with Gasteiger partial charge in [0.2, 0.25) is 0 Å². The Morgan fingerprint density at radius 3 is 2.49 bits per heavy atom. The summed E-state index contributed by atoms with van der Waals surface area (Å²) in [6.07, 6.45) is 22.4. The van der Waals surface area contributed by atoms with Gasteiger partial charge in [0.25, 0.3) is 0 Å². The molecule has 2 aliphatic heterocycles. The Labute approximate surface area is 315 Å². The zero-order valence-corrected chi connectivity index (χ0v) is 32.2. The number of nitrogens with zero attached hydrogens (tertiary/aromatic N) is 1. The molecule has 0 saturated carbocycles. The minimum atomic E-state index is -0.310. The van der Waals surface area contributed by atoms with Crippen LogP contribution in [-0.2, 0) is 10.8 Å². The smallest absolute Gasteiger partial charge is 0.171 e. The number of para-hydroxylation sites is 1. The van der Waals surface area contributed by atoms with Crippen LogP contribution in [0.25, 0.3) is 17.2 Å². The number of hydrogen-bond acceptors (Lipinski definition) is 1. The normalized spacial score (nSPS) is 28.1. The number of H-pyrrole nitrogens is 1. The van der Waals surface area contributed by atoms with Gasteiger partial charge in [-0.2, -0.15) is 0 Å². The molecule has 2 nitrogen and oxygen atoms in total. The van der Waals surface area contributed by atoms with Gasteiger partial charge in [0.1, 0.15) is 0 Å². The summed E-state index contributed by atoms with van der Waals surface area (Å²) in [6.45, 7) is 17.3. The SMILES string of the molecule is CC1(C)C2=C(C=CCC2)C2=C1C(C)(C1C#CC=Cc3c1[nH]c1c3-c3ccccc3C1(C)C)C1BC3=C4CC(=CC=C3)C(C)(C)c3ccccc3N4C1=C2. The lowest BCUT2D eigenvalue weighted by molar-refractivity contribution is 0.283. The lowest BCUT2D eigenvalue weighted by Crippen LogP contribution is -2.48. The molecule has 3 heteroatoms. The maximum atomic E-state index is 4.19. The van der Waals surface area contributed by atoms with E-state index in [9.17, 15) is 0 Å². The Hall–Kier alpha value is -4.94. The van der Waals surface area contributed by atoms with Crippen molar-refractivity contribution >= 4 is 19.0 Å². The van der Waals surface area contributed by atoms with E-state index >= 15 is 0 Å². The number of anilines is 1. The number of benzene rings is 2. The van der Waals surface area contributed by atoms with Crippen molar-refractivity contribution in [2.75, 3.05) is 4.90 Å². The van der Waals surface area contributed by atoms with E-state index in [2.05, 4.69) is 167 Å². The third-order valence-electron chi connectivity index (χ3n) is 14.9. The van der Waals surface area contributed by atoms with Gasteiger partial charge >= 0.3 is 0 Å². The van der Waals surface area contributed by atoms with Crippen molar-refractivity contribution in [1.82, 2.24) is 4.98 Å². The van der Waals surface area contributed by atoms with Crippen LogP contribution in [0.5, 0.6) is 0 Å². The summed E-state index contributed by atoms with van der Waals surface area (Å²) >= 11 is 0. The van der Waals surface area contributed by atoms with E-state index in [1.54, 1.807) is 11.1 Å². The molecule has 11 rings (SSSR count). The Balaban J connectivity index is 1.21. The summed E-state index contributed by atoms with van der Waals surface area (Å²) < 4.78 is 0. The molecule has 53 heavy (non-hydrogen) atoms. The fourth-order valence-electron chi connectivity index (χ4n) is 12.4. The van der Waals surface area contributed by atoms with Crippen LogP contribution < -0.4 is 4.90 Å². The van der Waals surface area contributed by atoms with Crippen LogP contribution in [0.15, 0.2) is 136 Å². The van der Waals surface area contributed by atoms with Gasteiger partial charge in [0, 0.05) is 67.7 Å². The number of nitrogens with one attached hydrogen (secondary N) is 1. The van der Waals surface area contributed by atoms with Crippen molar-refractivity contribution in [2.45, 2.75) is 90.3 Å². The molecular weight excluding hydrogens is 639 g/mol. The van der Waals surface area contributed by atoms with Crippen LogP contribution in [0.4, 0.5) is 5.69 Å². The van der Waals surface area contributed by atoms with Gasteiger partial charge < -0.3 is 9.88 Å². The molecule has 3 heterocycles. The molecule has 3 unspecified atom stereocenters. The molecule has 8 aliphatic rings. The third-order valence-corrected chi connectivity index (χ3v) is 14.9. The van der Waals surface area contributed by atoms with E-state index in [1.807, 2.05) is 0 Å². The van der Waals surface area contributed by atoms with Crippen molar-refractivity contribution in [3.8, 4) is 23.0 Å². The van der Waals surface area contributed by atoms with E-state index in [0.29, 0.717) is 0 Å². The molecule has 0 fully saturated rings. The quantitative estimate of drug-likeness (QED) is 0.199. The summed E-state index contributed by atoms with van der Waals surface area (Å²) in [5.41, 5.74) is 22.2. The van der Waals surface area contributed by atoms with Gasteiger partial charge in [0.15, 0.2) is 7.28 Å². The molecule has 0 saturated heterocycles. The largest absolute Gasteiger partial charge is 0.359 e. The lowest BCUT2D eigenvalue weighted by atomic mass is 9.39. The highest BCUT2D eigenvalue weighted by Gasteiger charge is 2.60. The summed E-state index contributed by atoms with van der Waals surface area (Å²) in [4.78, 5) is 6.92. The standard InChI is InChI=1S/C50H47BN2/c1-47(2)29-17-16-25-38-40(27-29)53(39-26-15-14-23-36(39)47)41-28-33-30-18-8-11-21-34(30)48(3,4)44(33)50(7,45(41)51-38)37-24-13-10-20-32-42-31-19-9-12-22-35(31)49(5,6)46(42)52-43(32)37/h8-10,12,14-20,22-23,25-26,28,37,45,51-52H,11,21,27H2,1-7H3. The number of aromatic amines is 1. The zero-order valence-electron chi connectivity index (χ0n) is 32.2. The average molecular weight is 687 g/mol. The van der Waals surface area contributed by atoms with Gasteiger partial charge in [-0.15, -0.1) is 0 Å². The number of hydrogen-bond donors (Lipinski definition) is 1. The van der Waals surface area contributed by atoms with Crippen LogP contribution >= 0.6 is 0 Å².